The summed E-state index contributed by atoms with van der Waals surface area (Å²) in [7, 11) is 7.16. The molecule has 0 bridgehead atoms. The molecule has 2 aromatic heterocycles. The average molecular weight is 415 g/mol. The molecule has 1 saturated heterocycles. The lowest BCUT2D eigenvalue weighted by Gasteiger charge is -2.36. The van der Waals surface area contributed by atoms with Gasteiger partial charge in [0.1, 0.15) is 5.82 Å². The Labute approximate surface area is 176 Å². The second-order valence-corrected chi connectivity index (χ2v) is 8.42. The molecule has 0 amide bonds. The molecule has 1 aliphatic heterocycles. The van der Waals surface area contributed by atoms with Gasteiger partial charge in [-0.05, 0) is 38.8 Å². The number of rotatable bonds is 6. The fourth-order valence-corrected chi connectivity index (χ4v) is 4.68. The Morgan fingerprint density at radius 3 is 2.57 bits per heavy atom. The van der Waals surface area contributed by atoms with Crippen molar-refractivity contribution in [1.29, 1.82) is 0 Å². The molecule has 0 radical (unpaired) electrons. The molecule has 4 rings (SSSR count). The minimum Gasteiger partial charge on any atom is -0.464 e. The molecule has 2 aliphatic rings. The van der Waals surface area contributed by atoms with E-state index in [2.05, 4.69) is 30.1 Å². The average Bonchev–Trinajstić information content (AvgIpc) is 3.38. The number of ether oxygens (including phenoxy) is 2. The molecule has 2 aromatic rings. The van der Waals surface area contributed by atoms with Crippen molar-refractivity contribution in [3.05, 3.63) is 30.0 Å². The van der Waals surface area contributed by atoms with Crippen molar-refractivity contribution in [3.63, 3.8) is 0 Å². The van der Waals surface area contributed by atoms with Crippen LogP contribution in [0.5, 0.6) is 0 Å². The molecule has 1 saturated carbocycles. The summed E-state index contributed by atoms with van der Waals surface area (Å²) in [6.45, 7) is 2.58. The molecule has 0 N–H and O–H groups in total. The van der Waals surface area contributed by atoms with E-state index in [1.165, 1.54) is 13.3 Å². The highest BCUT2D eigenvalue weighted by Gasteiger charge is 2.44. The molecule has 10 nitrogen and oxygen atoms in total. The summed E-state index contributed by atoms with van der Waals surface area (Å²) >= 11 is 0. The SMILES string of the molecule is COC(=O)c1cnc(N2C[C@H]3C[C@@H](n4cc(CN(C)C)nn4)[C@H](OC)C[C@H]3C2)cn1. The van der Waals surface area contributed by atoms with Crippen LogP contribution in [0.15, 0.2) is 18.6 Å². The first-order valence-corrected chi connectivity index (χ1v) is 10.2. The van der Waals surface area contributed by atoms with Crippen LogP contribution in [-0.2, 0) is 16.0 Å². The lowest BCUT2D eigenvalue weighted by atomic mass is 9.77. The number of hydrogen-bond acceptors (Lipinski definition) is 9. The molecule has 1 aliphatic carbocycles. The largest absolute Gasteiger partial charge is 0.464 e. The van der Waals surface area contributed by atoms with Gasteiger partial charge in [-0.15, -0.1) is 5.10 Å². The van der Waals surface area contributed by atoms with Crippen LogP contribution in [0, 0.1) is 11.8 Å². The second-order valence-electron chi connectivity index (χ2n) is 8.42. The Morgan fingerprint density at radius 1 is 1.17 bits per heavy atom. The zero-order chi connectivity index (χ0) is 21.3. The number of aromatic nitrogens is 5. The van der Waals surface area contributed by atoms with Crippen LogP contribution >= 0.6 is 0 Å². The molecule has 0 unspecified atom stereocenters. The summed E-state index contributed by atoms with van der Waals surface area (Å²) in [5.74, 6) is 1.36. The summed E-state index contributed by atoms with van der Waals surface area (Å²) in [6, 6.07) is 0.174. The zero-order valence-electron chi connectivity index (χ0n) is 17.9. The molecule has 0 aromatic carbocycles. The Hall–Kier alpha value is -2.59. The van der Waals surface area contributed by atoms with Crippen molar-refractivity contribution < 1.29 is 14.3 Å². The third-order valence-electron chi connectivity index (χ3n) is 6.12. The van der Waals surface area contributed by atoms with Gasteiger partial charge >= 0.3 is 5.97 Å². The maximum absolute atomic E-state index is 11.6. The predicted molar refractivity (Wildman–Crippen MR) is 109 cm³/mol. The third-order valence-corrected chi connectivity index (χ3v) is 6.12. The zero-order valence-corrected chi connectivity index (χ0v) is 17.9. The monoisotopic (exact) mass is 415 g/mol. The summed E-state index contributed by atoms with van der Waals surface area (Å²) < 4.78 is 12.5. The second kappa shape index (κ2) is 8.65. The molecule has 30 heavy (non-hydrogen) atoms. The van der Waals surface area contributed by atoms with Gasteiger partial charge in [-0.2, -0.15) is 0 Å². The van der Waals surface area contributed by atoms with Crippen LogP contribution in [0.25, 0.3) is 0 Å². The Kier molecular flexibility index (Phi) is 5.96. The molecule has 2 fully saturated rings. The van der Waals surface area contributed by atoms with Crippen molar-refractivity contribution >= 4 is 11.8 Å². The van der Waals surface area contributed by atoms with Crippen molar-refractivity contribution in [2.24, 2.45) is 11.8 Å². The van der Waals surface area contributed by atoms with Crippen molar-refractivity contribution in [3.8, 4) is 0 Å². The van der Waals surface area contributed by atoms with Gasteiger partial charge in [-0.1, -0.05) is 5.21 Å². The van der Waals surface area contributed by atoms with E-state index in [4.69, 9.17) is 9.47 Å². The molecule has 3 heterocycles. The molecule has 4 atom stereocenters. The normalized spacial score (nSPS) is 26.1. The van der Waals surface area contributed by atoms with Gasteiger partial charge in [0.05, 0.1) is 43.5 Å². The van der Waals surface area contributed by atoms with Gasteiger partial charge in [0.15, 0.2) is 5.69 Å². The molecule has 0 spiro atoms. The van der Waals surface area contributed by atoms with Gasteiger partial charge in [0, 0.05) is 26.7 Å². The predicted octanol–water partition coefficient (Wildman–Crippen LogP) is 1.02. The van der Waals surface area contributed by atoms with Crippen molar-refractivity contribution in [2.75, 3.05) is 46.3 Å². The minimum absolute atomic E-state index is 0.105. The first-order chi connectivity index (χ1) is 14.5. The quantitative estimate of drug-likeness (QED) is 0.640. The molecule has 162 valence electrons. The van der Waals surface area contributed by atoms with E-state index in [1.807, 2.05) is 25.0 Å². The maximum Gasteiger partial charge on any atom is 0.358 e. The highest BCUT2D eigenvalue weighted by molar-refractivity contribution is 5.86. The van der Waals surface area contributed by atoms with E-state index in [1.54, 1.807) is 13.3 Å². The van der Waals surface area contributed by atoms with Crippen LogP contribution in [0.3, 0.4) is 0 Å². The highest BCUT2D eigenvalue weighted by atomic mass is 16.5. The van der Waals surface area contributed by atoms with Crippen LogP contribution < -0.4 is 4.90 Å². The number of carbonyl (C=O) groups is 1. The van der Waals surface area contributed by atoms with Gasteiger partial charge in [0.25, 0.3) is 0 Å². The minimum atomic E-state index is -0.476. The Morgan fingerprint density at radius 2 is 1.93 bits per heavy atom. The Balaban J connectivity index is 1.46. The standard InChI is InChI=1S/C20H29N7O3/c1-25(2)11-15-12-27(24-23-15)17-5-13-9-26(10-14(13)6-18(17)29-3)19-8-21-16(7-22-19)20(28)30-4/h7-8,12-14,17-18H,5-6,9-11H2,1-4H3/t13-,14+,17-,18-/m1/s1. The fraction of sp³-hybridized carbons (Fsp3) is 0.650. The lowest BCUT2D eigenvalue weighted by molar-refractivity contribution is -0.00543. The van der Waals surface area contributed by atoms with E-state index in [0.717, 1.165) is 44.0 Å². The maximum atomic E-state index is 11.6. The van der Waals surface area contributed by atoms with E-state index >= 15 is 0 Å². The van der Waals surface area contributed by atoms with Crippen molar-refractivity contribution in [1.82, 2.24) is 29.9 Å². The molecular formula is C20H29N7O3. The number of anilines is 1. The number of carbonyl (C=O) groups excluding carboxylic acids is 1. The number of esters is 1. The summed E-state index contributed by atoms with van der Waals surface area (Å²) in [5.41, 5.74) is 1.18. The Bertz CT molecular complexity index is 870. The lowest BCUT2D eigenvalue weighted by Crippen LogP contribution is -2.37. The van der Waals surface area contributed by atoms with Gasteiger partial charge in [-0.25, -0.2) is 19.4 Å². The third kappa shape index (κ3) is 4.15. The van der Waals surface area contributed by atoms with Gasteiger partial charge in [-0.3, -0.25) is 0 Å². The topological polar surface area (TPSA) is 98.5 Å². The van der Waals surface area contributed by atoms with Crippen LogP contribution in [0.1, 0.15) is 35.1 Å². The van der Waals surface area contributed by atoms with Gasteiger partial charge < -0.3 is 19.3 Å². The van der Waals surface area contributed by atoms with Gasteiger partial charge in [0.2, 0.25) is 0 Å². The van der Waals surface area contributed by atoms with E-state index in [9.17, 15) is 4.79 Å². The fourth-order valence-electron chi connectivity index (χ4n) is 4.68. The van der Waals surface area contributed by atoms with Crippen LogP contribution in [0.2, 0.25) is 0 Å². The summed E-state index contributed by atoms with van der Waals surface area (Å²) in [5, 5.41) is 8.72. The van der Waals surface area contributed by atoms with Crippen LogP contribution in [0.4, 0.5) is 5.82 Å². The number of methoxy groups -OCH3 is 2. The number of fused-ring (bicyclic) bond motifs is 1. The number of nitrogens with zero attached hydrogens (tertiary/aromatic N) is 7. The van der Waals surface area contributed by atoms with Crippen LogP contribution in [-0.4, -0.2) is 83.3 Å². The summed E-state index contributed by atoms with van der Waals surface area (Å²) in [6.07, 6.45) is 7.23. The van der Waals surface area contributed by atoms with Crippen molar-refractivity contribution in [2.45, 2.75) is 31.5 Å². The molecular weight excluding hydrogens is 386 g/mol. The number of hydrogen-bond donors (Lipinski definition) is 0. The smallest absolute Gasteiger partial charge is 0.358 e. The highest BCUT2D eigenvalue weighted by Crippen LogP contribution is 2.43. The first-order valence-electron chi connectivity index (χ1n) is 10.2. The first kappa shape index (κ1) is 20.7. The summed E-state index contributed by atoms with van der Waals surface area (Å²) in [4.78, 5) is 24.6. The van der Waals surface area contributed by atoms with E-state index in [-0.39, 0.29) is 17.8 Å². The molecule has 10 heteroatoms. The van der Waals surface area contributed by atoms with E-state index in [0.29, 0.717) is 11.8 Å². The van der Waals surface area contributed by atoms with E-state index < -0.39 is 5.97 Å².